The molecule has 0 atom stereocenters. The highest BCUT2D eigenvalue weighted by molar-refractivity contribution is 5.32. The van der Waals surface area contributed by atoms with Gasteiger partial charge < -0.3 is 14.2 Å². The Kier molecular flexibility index (Phi) is 12.0. The van der Waals surface area contributed by atoms with Crippen molar-refractivity contribution >= 4 is 0 Å². The van der Waals surface area contributed by atoms with E-state index in [0.29, 0.717) is 19.8 Å². The van der Waals surface area contributed by atoms with Gasteiger partial charge in [0.25, 0.3) is 0 Å². The predicted molar refractivity (Wildman–Crippen MR) is 137 cm³/mol. The minimum atomic E-state index is -0.976. The van der Waals surface area contributed by atoms with Crippen LogP contribution in [0.5, 0.6) is 5.75 Å². The van der Waals surface area contributed by atoms with Gasteiger partial charge in [-0.25, -0.2) is 4.39 Å². The van der Waals surface area contributed by atoms with Crippen molar-refractivity contribution < 1.29 is 23.0 Å². The normalized spacial score (nSPS) is 18.1. The number of benzene rings is 2. The van der Waals surface area contributed by atoms with E-state index >= 15 is 0 Å². The predicted octanol–water partition coefficient (Wildman–Crippen LogP) is 8.66. The first-order valence-corrected chi connectivity index (χ1v) is 13.6. The van der Waals surface area contributed by atoms with Crippen molar-refractivity contribution in [3.8, 4) is 5.75 Å². The number of hydrogen-bond acceptors (Lipinski definition) is 3. The molecule has 3 nitrogen and oxygen atoms in total. The molecule has 3 rings (SSSR count). The van der Waals surface area contributed by atoms with Gasteiger partial charge in [-0.2, -0.15) is 4.39 Å². The van der Waals surface area contributed by atoms with Crippen LogP contribution in [0.4, 0.5) is 8.78 Å². The Morgan fingerprint density at radius 2 is 1.37 bits per heavy atom. The topological polar surface area (TPSA) is 27.7 Å². The monoisotopic (exact) mass is 488 g/mol. The number of hydrogen-bond donors (Lipinski definition) is 0. The second-order valence-corrected chi connectivity index (χ2v) is 9.64. The van der Waals surface area contributed by atoms with Gasteiger partial charge in [0.05, 0.1) is 19.8 Å². The number of rotatable bonds is 15. The molecule has 1 aliphatic rings. The van der Waals surface area contributed by atoms with Crippen molar-refractivity contribution in [2.24, 2.45) is 0 Å². The minimum absolute atomic E-state index is 0.0547. The van der Waals surface area contributed by atoms with Gasteiger partial charge in [0, 0.05) is 11.5 Å². The van der Waals surface area contributed by atoms with Crippen LogP contribution in [0.15, 0.2) is 36.4 Å². The van der Waals surface area contributed by atoms with Crippen LogP contribution in [0.3, 0.4) is 0 Å². The summed E-state index contributed by atoms with van der Waals surface area (Å²) in [6.07, 6.45) is 11.9. The molecule has 1 heterocycles. The quantitative estimate of drug-likeness (QED) is 0.235. The molecule has 0 saturated carbocycles. The van der Waals surface area contributed by atoms with E-state index in [4.69, 9.17) is 14.2 Å². The van der Waals surface area contributed by atoms with Gasteiger partial charge in [-0.05, 0) is 42.5 Å². The molecule has 1 saturated heterocycles. The van der Waals surface area contributed by atoms with Crippen molar-refractivity contribution in [3.05, 3.63) is 64.7 Å². The van der Waals surface area contributed by atoms with Crippen LogP contribution in [0.1, 0.15) is 107 Å². The van der Waals surface area contributed by atoms with E-state index in [1.165, 1.54) is 62.6 Å². The molecule has 0 radical (unpaired) electrons. The molecule has 0 bridgehead atoms. The standard InChI is InChI=1S/C30H42F2O3/c1-3-5-7-9-11-13-23-14-16-24(17-15-23)25-21-34-30(35-22-25)26-18-19-27(29(32)28(26)31)33-20-12-10-8-6-4-2/h14-19,25,30H,3-13,20-22H2,1-2H3. The van der Waals surface area contributed by atoms with Crippen molar-refractivity contribution in [2.45, 2.75) is 96.7 Å². The Balaban J connectivity index is 1.46. The molecule has 194 valence electrons. The maximum atomic E-state index is 14.7. The van der Waals surface area contributed by atoms with Gasteiger partial charge >= 0.3 is 0 Å². The smallest absolute Gasteiger partial charge is 0.201 e. The summed E-state index contributed by atoms with van der Waals surface area (Å²) in [4.78, 5) is 0. The lowest BCUT2D eigenvalue weighted by Gasteiger charge is -2.30. The molecule has 1 fully saturated rings. The molecule has 0 spiro atoms. The average Bonchev–Trinajstić information content (AvgIpc) is 2.89. The van der Waals surface area contributed by atoms with Crippen LogP contribution in [0, 0.1) is 11.6 Å². The third-order valence-corrected chi connectivity index (χ3v) is 6.75. The number of aryl methyl sites for hydroxylation is 1. The Bertz CT molecular complexity index is 861. The van der Waals surface area contributed by atoms with Gasteiger partial charge in [0.1, 0.15) is 0 Å². The van der Waals surface area contributed by atoms with E-state index in [1.54, 1.807) is 0 Å². The van der Waals surface area contributed by atoms with Crippen molar-refractivity contribution in [1.82, 2.24) is 0 Å². The largest absolute Gasteiger partial charge is 0.490 e. The first kappa shape index (κ1) is 27.6. The molecule has 5 heteroatoms. The second-order valence-electron chi connectivity index (χ2n) is 9.64. The lowest BCUT2D eigenvalue weighted by atomic mass is 9.97. The van der Waals surface area contributed by atoms with E-state index < -0.39 is 17.9 Å². The Morgan fingerprint density at radius 1 is 0.743 bits per heavy atom. The molecule has 0 amide bonds. The van der Waals surface area contributed by atoms with Gasteiger partial charge in [-0.15, -0.1) is 0 Å². The van der Waals surface area contributed by atoms with E-state index in [2.05, 4.69) is 38.1 Å². The van der Waals surface area contributed by atoms with Crippen molar-refractivity contribution in [1.29, 1.82) is 0 Å². The van der Waals surface area contributed by atoms with E-state index in [-0.39, 0.29) is 17.2 Å². The molecule has 0 unspecified atom stereocenters. The van der Waals surface area contributed by atoms with Gasteiger partial charge in [-0.3, -0.25) is 0 Å². The summed E-state index contributed by atoms with van der Waals surface area (Å²) < 4.78 is 46.4. The minimum Gasteiger partial charge on any atom is -0.490 e. The first-order chi connectivity index (χ1) is 17.1. The van der Waals surface area contributed by atoms with Crippen LogP contribution >= 0.6 is 0 Å². The Labute approximate surface area is 210 Å². The summed E-state index contributed by atoms with van der Waals surface area (Å²) in [5, 5.41) is 0. The maximum absolute atomic E-state index is 14.7. The summed E-state index contributed by atoms with van der Waals surface area (Å²) in [6, 6.07) is 11.6. The molecule has 0 N–H and O–H groups in total. The van der Waals surface area contributed by atoms with E-state index in [0.717, 1.165) is 31.2 Å². The molecule has 2 aromatic rings. The Hall–Kier alpha value is -1.98. The van der Waals surface area contributed by atoms with Crippen LogP contribution in [0.25, 0.3) is 0 Å². The summed E-state index contributed by atoms with van der Waals surface area (Å²) >= 11 is 0. The second kappa shape index (κ2) is 15.2. The zero-order valence-corrected chi connectivity index (χ0v) is 21.5. The van der Waals surface area contributed by atoms with Gasteiger partial charge in [0.2, 0.25) is 5.82 Å². The molecule has 0 aliphatic carbocycles. The first-order valence-electron chi connectivity index (χ1n) is 13.6. The number of ether oxygens (including phenoxy) is 3. The van der Waals surface area contributed by atoms with Gasteiger partial charge in [-0.1, -0.05) is 89.5 Å². The third kappa shape index (κ3) is 8.57. The van der Waals surface area contributed by atoms with Crippen LogP contribution in [0.2, 0.25) is 0 Å². The van der Waals surface area contributed by atoms with E-state index in [1.807, 2.05) is 0 Å². The van der Waals surface area contributed by atoms with Crippen molar-refractivity contribution in [3.63, 3.8) is 0 Å². The molecule has 35 heavy (non-hydrogen) atoms. The molecule has 0 aromatic heterocycles. The van der Waals surface area contributed by atoms with Gasteiger partial charge in [0.15, 0.2) is 17.9 Å². The molecule has 1 aliphatic heterocycles. The molecular formula is C30H42F2O3. The number of unbranched alkanes of at least 4 members (excludes halogenated alkanes) is 8. The molecule has 2 aromatic carbocycles. The highest BCUT2D eigenvalue weighted by atomic mass is 19.2. The fourth-order valence-corrected chi connectivity index (χ4v) is 4.49. The van der Waals surface area contributed by atoms with Crippen LogP contribution < -0.4 is 4.74 Å². The summed E-state index contributed by atoms with van der Waals surface area (Å²) in [5.41, 5.74) is 2.57. The third-order valence-electron chi connectivity index (χ3n) is 6.75. The SMILES string of the molecule is CCCCCCCOc1ccc(C2OCC(c3ccc(CCCCCCC)cc3)CO2)c(F)c1F. The lowest BCUT2D eigenvalue weighted by molar-refractivity contribution is -0.193. The zero-order valence-electron chi connectivity index (χ0n) is 21.5. The van der Waals surface area contributed by atoms with E-state index in [9.17, 15) is 8.78 Å². The summed E-state index contributed by atoms with van der Waals surface area (Å²) in [6.45, 7) is 5.58. The zero-order chi connectivity index (χ0) is 24.9. The fraction of sp³-hybridized carbons (Fsp3) is 0.600. The highest BCUT2D eigenvalue weighted by Crippen LogP contribution is 2.34. The van der Waals surface area contributed by atoms with Crippen LogP contribution in [-0.4, -0.2) is 19.8 Å². The highest BCUT2D eigenvalue weighted by Gasteiger charge is 2.28. The van der Waals surface area contributed by atoms with Crippen molar-refractivity contribution in [2.75, 3.05) is 19.8 Å². The lowest BCUT2D eigenvalue weighted by Crippen LogP contribution is -2.26. The maximum Gasteiger partial charge on any atom is 0.201 e. The molecular weight excluding hydrogens is 446 g/mol. The summed E-state index contributed by atoms with van der Waals surface area (Å²) in [7, 11) is 0. The summed E-state index contributed by atoms with van der Waals surface area (Å²) in [5.74, 6) is -1.91. The Morgan fingerprint density at radius 3 is 2.03 bits per heavy atom. The average molecular weight is 489 g/mol. The van der Waals surface area contributed by atoms with Crippen LogP contribution in [-0.2, 0) is 15.9 Å². The number of halogens is 2. The fourth-order valence-electron chi connectivity index (χ4n) is 4.49.